The maximum atomic E-state index is 5.78. The van der Waals surface area contributed by atoms with Crippen molar-refractivity contribution >= 4 is 11.8 Å². The van der Waals surface area contributed by atoms with E-state index in [0.29, 0.717) is 12.5 Å². The summed E-state index contributed by atoms with van der Waals surface area (Å²) < 4.78 is 7.54. The predicted molar refractivity (Wildman–Crippen MR) is 83.1 cm³/mol. The Morgan fingerprint density at radius 1 is 1.29 bits per heavy atom. The summed E-state index contributed by atoms with van der Waals surface area (Å²) >= 11 is 1.75. The number of rotatable bonds is 6. The fourth-order valence-electron chi connectivity index (χ4n) is 2.41. The van der Waals surface area contributed by atoms with Crippen molar-refractivity contribution in [3.63, 3.8) is 0 Å². The third-order valence-electron chi connectivity index (χ3n) is 3.63. The van der Waals surface area contributed by atoms with Crippen molar-refractivity contribution in [2.75, 3.05) is 19.0 Å². The molecule has 0 radical (unpaired) electrons. The number of hydrogen-bond acceptors (Lipinski definition) is 5. The maximum absolute atomic E-state index is 5.78. The lowest BCUT2D eigenvalue weighted by molar-refractivity contribution is 0.189. The molecular weight excluding hydrogens is 284 g/mol. The van der Waals surface area contributed by atoms with E-state index in [9.17, 15) is 0 Å². The topological polar surface area (TPSA) is 66.0 Å². The normalized spacial score (nSPS) is 18.2. The monoisotopic (exact) mass is 304 g/mol. The zero-order valence-electron chi connectivity index (χ0n) is 11.9. The van der Waals surface area contributed by atoms with E-state index in [4.69, 9.17) is 10.5 Å². The van der Waals surface area contributed by atoms with Gasteiger partial charge in [0.2, 0.25) is 0 Å². The Balaban J connectivity index is 1.72. The summed E-state index contributed by atoms with van der Waals surface area (Å²) in [6.45, 7) is 2.93. The average molecular weight is 304 g/mol. The van der Waals surface area contributed by atoms with Crippen molar-refractivity contribution in [2.24, 2.45) is 11.7 Å². The average Bonchev–Trinajstić information content (AvgIpc) is 3.16. The molecule has 0 saturated carbocycles. The summed E-state index contributed by atoms with van der Waals surface area (Å²) in [7, 11) is 0. The van der Waals surface area contributed by atoms with Gasteiger partial charge >= 0.3 is 0 Å². The van der Waals surface area contributed by atoms with Gasteiger partial charge in [-0.05, 0) is 17.9 Å². The van der Waals surface area contributed by atoms with Crippen LogP contribution in [0.1, 0.15) is 17.8 Å². The van der Waals surface area contributed by atoms with Gasteiger partial charge in [-0.1, -0.05) is 42.1 Å². The number of nitrogens with two attached hydrogens (primary N) is 1. The van der Waals surface area contributed by atoms with Gasteiger partial charge in [-0.2, -0.15) is 0 Å². The van der Waals surface area contributed by atoms with Gasteiger partial charge in [0.05, 0.1) is 19.7 Å². The van der Waals surface area contributed by atoms with Gasteiger partial charge in [0.25, 0.3) is 0 Å². The smallest absolute Gasteiger partial charge is 0.191 e. The van der Waals surface area contributed by atoms with Gasteiger partial charge in [-0.25, -0.2) is 0 Å². The van der Waals surface area contributed by atoms with Crippen LogP contribution in [0.2, 0.25) is 0 Å². The highest BCUT2D eigenvalue weighted by Crippen LogP contribution is 2.24. The molecule has 0 spiro atoms. The van der Waals surface area contributed by atoms with E-state index in [-0.39, 0.29) is 0 Å². The molecule has 2 aromatic rings. The summed E-state index contributed by atoms with van der Waals surface area (Å²) in [5.41, 5.74) is 7.02. The Labute approximate surface area is 128 Å². The van der Waals surface area contributed by atoms with Crippen molar-refractivity contribution < 1.29 is 4.74 Å². The fourth-order valence-corrected chi connectivity index (χ4v) is 3.48. The zero-order valence-corrected chi connectivity index (χ0v) is 12.8. The van der Waals surface area contributed by atoms with E-state index < -0.39 is 0 Å². The number of hydrogen-bond donors (Lipinski definition) is 1. The molecule has 1 fully saturated rings. The van der Waals surface area contributed by atoms with Crippen LogP contribution in [0.15, 0.2) is 35.5 Å². The van der Waals surface area contributed by atoms with Crippen LogP contribution in [0, 0.1) is 5.92 Å². The van der Waals surface area contributed by atoms with Crippen LogP contribution in [0.25, 0.3) is 0 Å². The van der Waals surface area contributed by atoms with Crippen molar-refractivity contribution in [3.05, 3.63) is 41.7 Å². The van der Waals surface area contributed by atoms with E-state index in [0.717, 1.165) is 42.9 Å². The molecule has 6 heteroatoms. The van der Waals surface area contributed by atoms with Gasteiger partial charge in [-0.3, -0.25) is 0 Å². The van der Waals surface area contributed by atoms with E-state index in [2.05, 4.69) is 26.9 Å². The molecule has 1 aromatic carbocycles. The summed E-state index contributed by atoms with van der Waals surface area (Å²) in [6.07, 6.45) is 1.14. The molecule has 1 atom stereocenters. The number of ether oxygens (including phenoxy) is 1. The lowest BCUT2D eigenvalue weighted by Gasteiger charge is -2.11. The number of nitrogens with zero attached hydrogens (tertiary/aromatic N) is 3. The third-order valence-corrected chi connectivity index (χ3v) is 4.83. The second-order valence-corrected chi connectivity index (χ2v) is 6.20. The van der Waals surface area contributed by atoms with Crippen molar-refractivity contribution in [1.29, 1.82) is 0 Å². The number of benzene rings is 1. The first-order chi connectivity index (χ1) is 10.4. The minimum Gasteiger partial charge on any atom is -0.381 e. The van der Waals surface area contributed by atoms with Crippen molar-refractivity contribution in [1.82, 2.24) is 14.8 Å². The molecule has 2 N–H and O–H groups in total. The van der Waals surface area contributed by atoms with Crippen molar-refractivity contribution in [3.8, 4) is 0 Å². The molecule has 1 saturated heterocycles. The van der Waals surface area contributed by atoms with Gasteiger partial charge < -0.3 is 15.0 Å². The first kappa shape index (κ1) is 14.6. The van der Waals surface area contributed by atoms with E-state index >= 15 is 0 Å². The lowest BCUT2D eigenvalue weighted by Crippen LogP contribution is -2.11. The Hall–Kier alpha value is -1.37. The molecule has 112 valence electrons. The fraction of sp³-hybridized carbons (Fsp3) is 0.467. The van der Waals surface area contributed by atoms with E-state index in [1.807, 2.05) is 18.2 Å². The molecule has 5 nitrogen and oxygen atoms in total. The van der Waals surface area contributed by atoms with E-state index in [1.165, 1.54) is 5.56 Å². The molecule has 2 heterocycles. The van der Waals surface area contributed by atoms with Crippen LogP contribution < -0.4 is 5.73 Å². The Morgan fingerprint density at radius 2 is 2.14 bits per heavy atom. The molecule has 1 aliphatic heterocycles. The van der Waals surface area contributed by atoms with Crippen LogP contribution in [0.3, 0.4) is 0 Å². The van der Waals surface area contributed by atoms with Crippen LogP contribution in [0.5, 0.6) is 0 Å². The Kier molecular flexibility index (Phi) is 4.90. The van der Waals surface area contributed by atoms with Crippen LogP contribution >= 0.6 is 11.8 Å². The standard InChI is InChI=1S/C15H20N4OS/c16-8-14-17-18-15(21-11-13-6-7-20-10-13)19(14)9-12-4-2-1-3-5-12/h1-5,13H,6-11,16H2. The minimum absolute atomic E-state index is 0.410. The highest BCUT2D eigenvalue weighted by atomic mass is 32.2. The highest BCUT2D eigenvalue weighted by Gasteiger charge is 2.18. The quantitative estimate of drug-likeness (QED) is 0.826. The molecular formula is C15H20N4OS. The van der Waals surface area contributed by atoms with Crippen LogP contribution in [-0.2, 0) is 17.8 Å². The van der Waals surface area contributed by atoms with E-state index in [1.54, 1.807) is 11.8 Å². The first-order valence-corrected chi connectivity index (χ1v) is 8.22. The van der Waals surface area contributed by atoms with Gasteiger partial charge in [-0.15, -0.1) is 10.2 Å². The first-order valence-electron chi connectivity index (χ1n) is 7.23. The molecule has 0 aliphatic carbocycles. The molecule has 1 aliphatic rings. The molecule has 0 amide bonds. The van der Waals surface area contributed by atoms with Crippen LogP contribution in [-0.4, -0.2) is 33.7 Å². The Bertz CT molecular complexity index is 566. The summed E-state index contributed by atoms with van der Waals surface area (Å²) in [5.74, 6) is 2.49. The van der Waals surface area contributed by atoms with Crippen molar-refractivity contribution in [2.45, 2.75) is 24.7 Å². The lowest BCUT2D eigenvalue weighted by atomic mass is 10.2. The third kappa shape index (κ3) is 3.64. The largest absolute Gasteiger partial charge is 0.381 e. The van der Waals surface area contributed by atoms with Gasteiger partial charge in [0.15, 0.2) is 5.16 Å². The Morgan fingerprint density at radius 3 is 2.86 bits per heavy atom. The highest BCUT2D eigenvalue weighted by molar-refractivity contribution is 7.99. The van der Waals surface area contributed by atoms with Gasteiger partial charge in [0.1, 0.15) is 5.82 Å². The number of aromatic nitrogens is 3. The van der Waals surface area contributed by atoms with Crippen LogP contribution in [0.4, 0.5) is 0 Å². The summed E-state index contributed by atoms with van der Waals surface area (Å²) in [4.78, 5) is 0. The second kappa shape index (κ2) is 7.06. The zero-order chi connectivity index (χ0) is 14.5. The minimum atomic E-state index is 0.410. The molecule has 0 bridgehead atoms. The molecule has 1 unspecified atom stereocenters. The molecule has 3 rings (SSSR count). The SMILES string of the molecule is NCc1nnc(SCC2CCOC2)n1Cc1ccccc1. The van der Waals surface area contributed by atoms with Gasteiger partial charge in [0, 0.05) is 12.4 Å². The predicted octanol–water partition coefficient (Wildman–Crippen LogP) is 1.91. The molecule has 21 heavy (non-hydrogen) atoms. The maximum Gasteiger partial charge on any atom is 0.191 e. The summed E-state index contributed by atoms with van der Waals surface area (Å²) in [5, 5.41) is 9.46. The molecule has 1 aromatic heterocycles. The second-order valence-electron chi connectivity index (χ2n) is 5.22. The number of thioether (sulfide) groups is 1. The summed E-state index contributed by atoms with van der Waals surface area (Å²) in [6, 6.07) is 10.3.